The first kappa shape index (κ1) is 14.9. The van der Waals surface area contributed by atoms with Gasteiger partial charge in [0, 0.05) is 11.2 Å². The van der Waals surface area contributed by atoms with Crippen LogP contribution in [0, 0.1) is 18.3 Å². The topological polar surface area (TPSA) is 90.7 Å². The molecule has 0 fully saturated rings. The summed E-state index contributed by atoms with van der Waals surface area (Å²) in [5.41, 5.74) is 0.661. The fourth-order valence-electron chi connectivity index (χ4n) is 1.43. The Hall–Kier alpha value is -2.16. The van der Waals surface area contributed by atoms with Gasteiger partial charge in [-0.25, -0.2) is 9.97 Å². The number of hydrogen-bond donors (Lipinski definition) is 2. The summed E-state index contributed by atoms with van der Waals surface area (Å²) in [5.74, 6) is 0.143. The molecular weight excluding hydrogens is 242 g/mol. The van der Waals surface area contributed by atoms with Crippen LogP contribution in [0.25, 0.3) is 0 Å². The van der Waals surface area contributed by atoms with Crippen LogP contribution >= 0.6 is 0 Å². The van der Waals surface area contributed by atoms with Gasteiger partial charge in [0.25, 0.3) is 0 Å². The van der Waals surface area contributed by atoms with Crippen LogP contribution in [0.5, 0.6) is 0 Å². The van der Waals surface area contributed by atoms with Crippen LogP contribution in [0.4, 0.5) is 5.95 Å². The fourth-order valence-corrected chi connectivity index (χ4v) is 1.43. The Balaban J connectivity index is 2.77. The van der Waals surface area contributed by atoms with Crippen LogP contribution in [0.1, 0.15) is 39.1 Å². The van der Waals surface area contributed by atoms with Crippen molar-refractivity contribution in [3.63, 3.8) is 0 Å². The van der Waals surface area contributed by atoms with Gasteiger partial charge in [-0.05, 0) is 40.7 Å². The lowest BCUT2D eigenvalue weighted by atomic mass is 10.1. The van der Waals surface area contributed by atoms with Crippen LogP contribution < -0.4 is 10.6 Å². The van der Waals surface area contributed by atoms with E-state index in [1.807, 2.05) is 26.8 Å². The number of carbonyl (C=O) groups is 1. The van der Waals surface area contributed by atoms with E-state index in [4.69, 9.17) is 5.26 Å². The third-order valence-corrected chi connectivity index (χ3v) is 2.21. The highest BCUT2D eigenvalue weighted by Gasteiger charge is 2.19. The zero-order valence-corrected chi connectivity index (χ0v) is 11.9. The minimum atomic E-state index is -0.479. The number of nitriles is 1. The minimum absolute atomic E-state index is 0.142. The highest BCUT2D eigenvalue weighted by atomic mass is 16.2. The maximum Gasteiger partial charge on any atom is 0.242 e. The molecule has 102 valence electrons. The Bertz CT molecular complexity index is 513. The molecule has 1 rings (SSSR count). The van der Waals surface area contributed by atoms with Gasteiger partial charge in [-0.2, -0.15) is 5.26 Å². The molecule has 1 aromatic heterocycles. The van der Waals surface area contributed by atoms with Crippen molar-refractivity contribution in [3.8, 4) is 6.07 Å². The van der Waals surface area contributed by atoms with E-state index in [9.17, 15) is 4.79 Å². The number of aromatic nitrogens is 2. The molecule has 1 aromatic rings. The number of aryl methyl sites for hydroxylation is 1. The van der Waals surface area contributed by atoms with Crippen LogP contribution in [0.15, 0.2) is 6.07 Å². The number of nitrogens with one attached hydrogen (secondary N) is 2. The Morgan fingerprint density at radius 3 is 2.58 bits per heavy atom. The number of anilines is 1. The second-order valence-electron chi connectivity index (χ2n) is 5.44. The summed E-state index contributed by atoms with van der Waals surface area (Å²) in [6.07, 6.45) is 0. The molecule has 0 aromatic carbocycles. The summed E-state index contributed by atoms with van der Waals surface area (Å²) in [7, 11) is 0. The molecule has 6 nitrogen and oxygen atoms in total. The number of amides is 1. The number of hydrogen-bond acceptors (Lipinski definition) is 5. The van der Waals surface area contributed by atoms with Gasteiger partial charge in [-0.1, -0.05) is 0 Å². The summed E-state index contributed by atoms with van der Waals surface area (Å²) >= 11 is 0. The molecule has 0 radical (unpaired) electrons. The Kier molecular flexibility index (Phi) is 4.43. The first-order valence-corrected chi connectivity index (χ1v) is 6.05. The quantitative estimate of drug-likeness (QED) is 0.857. The van der Waals surface area contributed by atoms with E-state index in [1.165, 1.54) is 0 Å². The van der Waals surface area contributed by atoms with E-state index in [-0.39, 0.29) is 23.1 Å². The van der Waals surface area contributed by atoms with E-state index < -0.39 is 6.04 Å². The zero-order chi connectivity index (χ0) is 14.6. The van der Waals surface area contributed by atoms with Gasteiger partial charge < -0.3 is 10.6 Å². The lowest BCUT2D eigenvalue weighted by Gasteiger charge is -2.23. The molecule has 0 spiro atoms. The lowest BCUT2D eigenvalue weighted by Crippen LogP contribution is -2.47. The standard InChI is InChI=1S/C13H19N5O/c1-8-6-10(7-14)17-12(15-8)16-9(2)11(19)18-13(3,4)5/h6,9H,1-5H3,(H,18,19)(H,15,16,17). The van der Waals surface area contributed by atoms with Crippen LogP contribution in [-0.4, -0.2) is 27.5 Å². The van der Waals surface area contributed by atoms with Crippen molar-refractivity contribution >= 4 is 11.9 Å². The molecule has 1 atom stereocenters. The average Bonchev–Trinajstić information content (AvgIpc) is 2.25. The van der Waals surface area contributed by atoms with Crippen molar-refractivity contribution in [2.45, 2.75) is 46.2 Å². The zero-order valence-electron chi connectivity index (χ0n) is 11.9. The van der Waals surface area contributed by atoms with Gasteiger partial charge >= 0.3 is 0 Å². The van der Waals surface area contributed by atoms with E-state index in [0.717, 1.165) is 0 Å². The molecule has 0 saturated carbocycles. The third-order valence-electron chi connectivity index (χ3n) is 2.21. The van der Waals surface area contributed by atoms with Crippen LogP contribution in [-0.2, 0) is 4.79 Å². The van der Waals surface area contributed by atoms with Crippen LogP contribution in [0.3, 0.4) is 0 Å². The Morgan fingerprint density at radius 2 is 2.05 bits per heavy atom. The van der Waals surface area contributed by atoms with Crippen molar-refractivity contribution in [1.82, 2.24) is 15.3 Å². The number of rotatable bonds is 3. The Morgan fingerprint density at radius 1 is 1.42 bits per heavy atom. The summed E-state index contributed by atoms with van der Waals surface area (Å²) in [6, 6.07) is 3.07. The monoisotopic (exact) mass is 261 g/mol. The van der Waals surface area contributed by atoms with E-state index in [0.29, 0.717) is 5.69 Å². The van der Waals surface area contributed by atoms with Crippen molar-refractivity contribution in [2.75, 3.05) is 5.32 Å². The van der Waals surface area contributed by atoms with Crippen molar-refractivity contribution in [2.24, 2.45) is 0 Å². The molecule has 2 N–H and O–H groups in total. The largest absolute Gasteiger partial charge is 0.350 e. The molecule has 19 heavy (non-hydrogen) atoms. The molecular formula is C13H19N5O. The van der Waals surface area contributed by atoms with E-state index >= 15 is 0 Å². The molecule has 0 saturated heterocycles. The molecule has 1 unspecified atom stereocenters. The predicted molar refractivity (Wildman–Crippen MR) is 72.5 cm³/mol. The summed E-state index contributed by atoms with van der Waals surface area (Å²) in [4.78, 5) is 20.1. The number of carbonyl (C=O) groups excluding carboxylic acids is 1. The normalized spacial score (nSPS) is 12.4. The van der Waals surface area contributed by atoms with Gasteiger partial charge in [-0.3, -0.25) is 4.79 Å². The molecule has 6 heteroatoms. The highest BCUT2D eigenvalue weighted by molar-refractivity contribution is 5.84. The van der Waals surface area contributed by atoms with Gasteiger partial charge in [0.15, 0.2) is 0 Å². The molecule has 0 aliphatic carbocycles. The highest BCUT2D eigenvalue weighted by Crippen LogP contribution is 2.06. The van der Waals surface area contributed by atoms with Gasteiger partial charge in [0.05, 0.1) is 0 Å². The Labute approximate surface area is 113 Å². The number of nitrogens with zero attached hydrogens (tertiary/aromatic N) is 3. The van der Waals surface area contributed by atoms with Crippen molar-refractivity contribution in [3.05, 3.63) is 17.5 Å². The fraction of sp³-hybridized carbons (Fsp3) is 0.538. The van der Waals surface area contributed by atoms with Crippen LogP contribution in [0.2, 0.25) is 0 Å². The molecule has 0 aliphatic rings. The first-order valence-electron chi connectivity index (χ1n) is 6.05. The maximum atomic E-state index is 11.9. The summed E-state index contributed by atoms with van der Waals surface area (Å²) < 4.78 is 0. The predicted octanol–water partition coefficient (Wildman–Crippen LogP) is 1.37. The molecule has 1 heterocycles. The smallest absolute Gasteiger partial charge is 0.242 e. The molecule has 0 bridgehead atoms. The van der Waals surface area contributed by atoms with Gasteiger partial charge in [0.2, 0.25) is 11.9 Å². The van der Waals surface area contributed by atoms with Gasteiger partial charge in [0.1, 0.15) is 17.8 Å². The second-order valence-corrected chi connectivity index (χ2v) is 5.44. The van der Waals surface area contributed by atoms with Crippen molar-refractivity contribution < 1.29 is 4.79 Å². The summed E-state index contributed by atoms with van der Waals surface area (Å²) in [5, 5.41) is 14.6. The summed E-state index contributed by atoms with van der Waals surface area (Å²) in [6.45, 7) is 9.23. The van der Waals surface area contributed by atoms with Gasteiger partial charge in [-0.15, -0.1) is 0 Å². The molecule has 0 aliphatic heterocycles. The second kappa shape index (κ2) is 5.65. The third kappa shape index (κ3) is 4.92. The first-order chi connectivity index (χ1) is 8.71. The van der Waals surface area contributed by atoms with Crippen molar-refractivity contribution in [1.29, 1.82) is 5.26 Å². The minimum Gasteiger partial charge on any atom is -0.350 e. The van der Waals surface area contributed by atoms with E-state index in [2.05, 4.69) is 20.6 Å². The van der Waals surface area contributed by atoms with E-state index in [1.54, 1.807) is 19.9 Å². The maximum absolute atomic E-state index is 11.9. The SMILES string of the molecule is Cc1cc(C#N)nc(NC(C)C(=O)NC(C)(C)C)n1. The molecule has 1 amide bonds. The average molecular weight is 261 g/mol. The lowest BCUT2D eigenvalue weighted by molar-refractivity contribution is -0.122.